The lowest BCUT2D eigenvalue weighted by molar-refractivity contribution is 0.102. The molecule has 0 radical (unpaired) electrons. The number of likely N-dealkylation sites (N-methyl/N-ethyl adjacent to an activating group) is 1. The highest BCUT2D eigenvalue weighted by molar-refractivity contribution is 6.31. The molecule has 7 heteroatoms. The van der Waals surface area contributed by atoms with E-state index in [1.165, 1.54) is 6.07 Å². The van der Waals surface area contributed by atoms with Crippen LogP contribution in [-0.4, -0.2) is 49.0 Å². The normalized spacial score (nSPS) is 15.2. The molecular weight excluding hydrogens is 379 g/mol. The fraction of sp³-hybridized carbons (Fsp3) is 0.286. The smallest absolute Gasteiger partial charge is 0.272 e. The third kappa shape index (κ3) is 3.70. The number of nitrogens with zero attached hydrogens (tertiary/aromatic N) is 2. The molecule has 4 rings (SSSR count). The Morgan fingerprint density at radius 2 is 1.89 bits per heavy atom. The first-order chi connectivity index (χ1) is 13.4. The molecule has 0 atom stereocenters. The van der Waals surface area contributed by atoms with Crippen molar-refractivity contribution in [1.82, 2.24) is 9.88 Å². The Hall–Kier alpha value is -2.57. The van der Waals surface area contributed by atoms with Crippen LogP contribution in [0.1, 0.15) is 16.1 Å². The summed E-state index contributed by atoms with van der Waals surface area (Å²) in [6.07, 6.45) is 0. The van der Waals surface area contributed by atoms with Gasteiger partial charge in [0.15, 0.2) is 0 Å². The van der Waals surface area contributed by atoms with Crippen LogP contribution in [0, 0.1) is 12.7 Å². The zero-order chi connectivity index (χ0) is 19.8. The second-order valence-electron chi connectivity index (χ2n) is 7.28. The SMILES string of the molecule is Cc1ccc(F)c2cc(C(=O)Nc3cc(Cl)cc(N4CCN(C)CC4)c3)[nH]c12. The van der Waals surface area contributed by atoms with Crippen molar-refractivity contribution in [2.24, 2.45) is 0 Å². The van der Waals surface area contributed by atoms with Crippen molar-refractivity contribution in [1.29, 1.82) is 0 Å². The minimum Gasteiger partial charge on any atom is -0.369 e. The van der Waals surface area contributed by atoms with Gasteiger partial charge in [0.25, 0.3) is 5.91 Å². The lowest BCUT2D eigenvalue weighted by Crippen LogP contribution is -2.44. The second-order valence-corrected chi connectivity index (χ2v) is 7.71. The van der Waals surface area contributed by atoms with Gasteiger partial charge in [0.05, 0.1) is 5.52 Å². The number of rotatable bonds is 3. The first-order valence-electron chi connectivity index (χ1n) is 9.24. The van der Waals surface area contributed by atoms with E-state index >= 15 is 0 Å². The van der Waals surface area contributed by atoms with Gasteiger partial charge >= 0.3 is 0 Å². The topological polar surface area (TPSA) is 51.4 Å². The summed E-state index contributed by atoms with van der Waals surface area (Å²) >= 11 is 6.29. The van der Waals surface area contributed by atoms with E-state index in [2.05, 4.69) is 27.1 Å². The molecule has 0 unspecified atom stereocenters. The summed E-state index contributed by atoms with van der Waals surface area (Å²) < 4.78 is 14.0. The van der Waals surface area contributed by atoms with E-state index < -0.39 is 0 Å². The number of H-pyrrole nitrogens is 1. The van der Waals surface area contributed by atoms with Crippen LogP contribution in [0.3, 0.4) is 0 Å². The van der Waals surface area contributed by atoms with Crippen LogP contribution in [0.15, 0.2) is 36.4 Å². The number of fused-ring (bicyclic) bond motifs is 1. The Morgan fingerprint density at radius 1 is 1.14 bits per heavy atom. The number of aromatic nitrogens is 1. The number of nitrogens with one attached hydrogen (secondary N) is 2. The fourth-order valence-corrected chi connectivity index (χ4v) is 3.77. The number of hydrogen-bond acceptors (Lipinski definition) is 3. The van der Waals surface area contributed by atoms with Crippen molar-refractivity contribution in [2.75, 3.05) is 43.4 Å². The summed E-state index contributed by atoms with van der Waals surface area (Å²) in [7, 11) is 2.10. The van der Waals surface area contributed by atoms with Gasteiger partial charge in [0.2, 0.25) is 0 Å². The van der Waals surface area contributed by atoms with Crippen LogP contribution in [0.25, 0.3) is 10.9 Å². The zero-order valence-electron chi connectivity index (χ0n) is 15.9. The van der Waals surface area contributed by atoms with Crippen molar-refractivity contribution in [3.05, 3.63) is 58.5 Å². The predicted octanol–water partition coefficient (Wildman–Crippen LogP) is 4.27. The minimum atomic E-state index is -0.351. The van der Waals surface area contributed by atoms with Gasteiger partial charge in [-0.3, -0.25) is 4.79 Å². The first kappa shape index (κ1) is 18.8. The fourth-order valence-electron chi connectivity index (χ4n) is 3.54. The lowest BCUT2D eigenvalue weighted by atomic mass is 10.1. The molecule has 5 nitrogen and oxygen atoms in total. The summed E-state index contributed by atoms with van der Waals surface area (Å²) in [6, 6.07) is 10.2. The number of carbonyl (C=O) groups excluding carboxylic acids is 1. The van der Waals surface area contributed by atoms with Gasteiger partial charge in [-0.2, -0.15) is 0 Å². The van der Waals surface area contributed by atoms with E-state index in [9.17, 15) is 9.18 Å². The van der Waals surface area contributed by atoms with Crippen molar-refractivity contribution in [3.8, 4) is 0 Å². The summed E-state index contributed by atoms with van der Waals surface area (Å²) in [5.41, 5.74) is 3.42. The van der Waals surface area contributed by atoms with Gasteiger partial charge in [-0.25, -0.2) is 4.39 Å². The Balaban J connectivity index is 1.58. The van der Waals surface area contributed by atoms with Crippen LogP contribution < -0.4 is 10.2 Å². The Kier molecular flexibility index (Phi) is 5.00. The highest BCUT2D eigenvalue weighted by Crippen LogP contribution is 2.27. The summed E-state index contributed by atoms with van der Waals surface area (Å²) in [5, 5.41) is 3.84. The highest BCUT2D eigenvalue weighted by atomic mass is 35.5. The number of halogens is 2. The monoisotopic (exact) mass is 400 g/mol. The largest absolute Gasteiger partial charge is 0.369 e. The van der Waals surface area contributed by atoms with Crippen molar-refractivity contribution < 1.29 is 9.18 Å². The average Bonchev–Trinajstić information content (AvgIpc) is 3.12. The Morgan fingerprint density at radius 3 is 2.61 bits per heavy atom. The maximum absolute atomic E-state index is 14.0. The number of piperazine rings is 1. The van der Waals surface area contributed by atoms with Crippen LogP contribution >= 0.6 is 11.6 Å². The number of aromatic amines is 1. The molecule has 3 aromatic rings. The summed E-state index contributed by atoms with van der Waals surface area (Å²) in [6.45, 7) is 5.65. The molecule has 1 aromatic heterocycles. The van der Waals surface area contributed by atoms with E-state index in [4.69, 9.17) is 11.6 Å². The van der Waals surface area contributed by atoms with Crippen molar-refractivity contribution in [2.45, 2.75) is 6.92 Å². The molecule has 1 aliphatic heterocycles. The Bertz CT molecular complexity index is 1000. The van der Waals surface area contributed by atoms with Gasteiger partial charge in [0, 0.05) is 48.0 Å². The second kappa shape index (κ2) is 7.45. The number of amides is 1. The third-order valence-corrected chi connectivity index (χ3v) is 5.42. The molecule has 2 N–H and O–H groups in total. The molecule has 0 saturated carbocycles. The van der Waals surface area contributed by atoms with E-state index in [0.29, 0.717) is 27.3 Å². The summed E-state index contributed by atoms with van der Waals surface area (Å²) in [4.78, 5) is 20.3. The molecule has 0 spiro atoms. The molecule has 1 aliphatic rings. The maximum Gasteiger partial charge on any atom is 0.272 e. The standard InChI is InChI=1S/C21H22ClFN4O/c1-13-3-4-18(23)17-12-19(25-20(13)17)21(28)24-15-9-14(22)10-16(11-15)27-7-5-26(2)6-8-27/h3-4,9-12,25H,5-8H2,1-2H3,(H,24,28). The molecule has 146 valence electrons. The van der Waals surface area contributed by atoms with Crippen molar-refractivity contribution in [3.63, 3.8) is 0 Å². The van der Waals surface area contributed by atoms with Crippen LogP contribution in [-0.2, 0) is 0 Å². The Labute approximate surface area is 168 Å². The molecule has 1 saturated heterocycles. The molecule has 2 heterocycles. The quantitative estimate of drug-likeness (QED) is 0.690. The molecule has 1 amide bonds. The van der Waals surface area contributed by atoms with Gasteiger partial charge in [-0.1, -0.05) is 17.7 Å². The number of carbonyl (C=O) groups is 1. The third-order valence-electron chi connectivity index (χ3n) is 5.20. The number of aryl methyl sites for hydroxylation is 1. The number of hydrogen-bond donors (Lipinski definition) is 2. The van der Waals surface area contributed by atoms with Crippen molar-refractivity contribution >= 4 is 39.8 Å². The molecule has 0 bridgehead atoms. The van der Waals surface area contributed by atoms with E-state index in [1.807, 2.05) is 19.1 Å². The average molecular weight is 401 g/mol. The van der Waals surface area contributed by atoms with Gasteiger partial charge in [0.1, 0.15) is 11.5 Å². The van der Waals surface area contributed by atoms with Crippen LogP contribution in [0.4, 0.5) is 15.8 Å². The summed E-state index contributed by atoms with van der Waals surface area (Å²) in [5.74, 6) is -0.683. The molecule has 0 aliphatic carbocycles. The predicted molar refractivity (Wildman–Crippen MR) is 112 cm³/mol. The first-order valence-corrected chi connectivity index (χ1v) is 9.62. The van der Waals surface area contributed by atoms with Gasteiger partial charge in [-0.05, 0) is 49.9 Å². The van der Waals surface area contributed by atoms with Crippen LogP contribution in [0.5, 0.6) is 0 Å². The molecule has 28 heavy (non-hydrogen) atoms. The van der Waals surface area contributed by atoms with Crippen LogP contribution in [0.2, 0.25) is 5.02 Å². The minimum absolute atomic E-state index is 0.310. The molecular formula is C21H22ClFN4O. The van der Waals surface area contributed by atoms with Gasteiger partial charge in [-0.15, -0.1) is 0 Å². The maximum atomic E-state index is 14.0. The van der Waals surface area contributed by atoms with E-state index in [1.54, 1.807) is 18.2 Å². The molecule has 1 fully saturated rings. The molecule has 2 aromatic carbocycles. The lowest BCUT2D eigenvalue weighted by Gasteiger charge is -2.34. The highest BCUT2D eigenvalue weighted by Gasteiger charge is 2.17. The van der Waals surface area contributed by atoms with E-state index in [-0.39, 0.29) is 11.7 Å². The van der Waals surface area contributed by atoms with Gasteiger partial charge < -0.3 is 20.1 Å². The van der Waals surface area contributed by atoms with E-state index in [0.717, 1.165) is 37.4 Å². The number of anilines is 2. The number of benzene rings is 2. The zero-order valence-corrected chi connectivity index (χ0v) is 16.6.